The van der Waals surface area contributed by atoms with Gasteiger partial charge in [0, 0.05) is 16.1 Å². The summed E-state index contributed by atoms with van der Waals surface area (Å²) in [6.07, 6.45) is 0. The minimum atomic E-state index is -0.341. The number of anilines is 1. The molecule has 3 nitrogen and oxygen atoms in total. The summed E-state index contributed by atoms with van der Waals surface area (Å²) in [7, 11) is 0. The van der Waals surface area contributed by atoms with Gasteiger partial charge in [0.15, 0.2) is 5.82 Å². The van der Waals surface area contributed by atoms with E-state index >= 15 is 0 Å². The van der Waals surface area contributed by atoms with Crippen LogP contribution in [0.5, 0.6) is 0 Å². The van der Waals surface area contributed by atoms with Gasteiger partial charge in [-0.3, -0.25) is 5.10 Å². The number of nitrogens with two attached hydrogens (primary N) is 1. The summed E-state index contributed by atoms with van der Waals surface area (Å²) < 4.78 is 14.1. The Morgan fingerprint density at radius 2 is 1.81 bits per heavy atom. The summed E-state index contributed by atoms with van der Waals surface area (Å²) in [6, 6.07) is 12.0. The summed E-state index contributed by atoms with van der Waals surface area (Å²) in [6.45, 7) is 1.90. The van der Waals surface area contributed by atoms with Gasteiger partial charge in [-0.25, -0.2) is 4.39 Å². The van der Waals surface area contributed by atoms with E-state index in [0.29, 0.717) is 21.8 Å². The Morgan fingerprint density at radius 1 is 1.10 bits per heavy atom. The standard InChI is InChI=1S/C16H13ClFN3/c1-9-10(6-4-7-12(9)17)15-14(16(19)21-20-15)11-5-2-3-8-13(11)18/h2-8H,1H3,(H3,19,20,21). The number of nitrogens with zero attached hydrogens (tertiary/aromatic N) is 1. The Kier molecular flexibility index (Phi) is 3.39. The highest BCUT2D eigenvalue weighted by Crippen LogP contribution is 2.38. The predicted molar refractivity (Wildman–Crippen MR) is 83.6 cm³/mol. The number of nitrogens with one attached hydrogen (secondary N) is 1. The lowest BCUT2D eigenvalue weighted by Gasteiger charge is -2.09. The third-order valence-electron chi connectivity index (χ3n) is 3.47. The highest BCUT2D eigenvalue weighted by Gasteiger charge is 2.19. The van der Waals surface area contributed by atoms with Crippen LogP contribution >= 0.6 is 11.6 Å². The van der Waals surface area contributed by atoms with Crippen LogP contribution in [0, 0.1) is 12.7 Å². The molecule has 5 heteroatoms. The molecule has 3 rings (SSSR count). The first-order valence-corrected chi connectivity index (χ1v) is 6.81. The second-order valence-electron chi connectivity index (χ2n) is 4.75. The molecule has 3 aromatic rings. The monoisotopic (exact) mass is 301 g/mol. The number of halogens is 2. The van der Waals surface area contributed by atoms with E-state index in [1.807, 2.05) is 25.1 Å². The van der Waals surface area contributed by atoms with E-state index in [4.69, 9.17) is 17.3 Å². The summed E-state index contributed by atoms with van der Waals surface area (Å²) >= 11 is 6.16. The van der Waals surface area contributed by atoms with Crippen molar-refractivity contribution in [2.24, 2.45) is 0 Å². The van der Waals surface area contributed by atoms with Gasteiger partial charge in [-0.1, -0.05) is 41.9 Å². The van der Waals surface area contributed by atoms with E-state index < -0.39 is 0 Å². The van der Waals surface area contributed by atoms with Crippen LogP contribution in [0.4, 0.5) is 10.2 Å². The number of aromatic amines is 1. The Hall–Kier alpha value is -2.33. The van der Waals surface area contributed by atoms with Crippen LogP contribution in [-0.2, 0) is 0 Å². The molecule has 0 bridgehead atoms. The molecule has 0 unspecified atom stereocenters. The lowest BCUT2D eigenvalue weighted by atomic mass is 9.97. The molecule has 2 aromatic carbocycles. The first-order chi connectivity index (χ1) is 10.1. The van der Waals surface area contributed by atoms with Crippen molar-refractivity contribution in [3.05, 3.63) is 58.9 Å². The Balaban J connectivity index is 2.28. The zero-order chi connectivity index (χ0) is 15.0. The van der Waals surface area contributed by atoms with Gasteiger partial charge in [-0.2, -0.15) is 5.10 Å². The first-order valence-electron chi connectivity index (χ1n) is 6.44. The molecule has 0 aliphatic rings. The van der Waals surface area contributed by atoms with Crippen molar-refractivity contribution >= 4 is 17.4 Å². The molecule has 0 aliphatic carbocycles. The fraction of sp³-hybridized carbons (Fsp3) is 0.0625. The molecule has 0 amide bonds. The van der Waals surface area contributed by atoms with Crippen molar-refractivity contribution < 1.29 is 4.39 Å². The SMILES string of the molecule is Cc1c(Cl)cccc1-c1[nH]nc(N)c1-c1ccccc1F. The maximum absolute atomic E-state index is 14.1. The van der Waals surface area contributed by atoms with Gasteiger partial charge in [-0.15, -0.1) is 0 Å². The van der Waals surface area contributed by atoms with Crippen LogP contribution in [0.2, 0.25) is 5.02 Å². The first kappa shape index (κ1) is 13.6. The van der Waals surface area contributed by atoms with E-state index in [1.54, 1.807) is 18.2 Å². The number of hydrogen-bond acceptors (Lipinski definition) is 2. The minimum Gasteiger partial charge on any atom is -0.382 e. The van der Waals surface area contributed by atoms with Gasteiger partial charge >= 0.3 is 0 Å². The zero-order valence-electron chi connectivity index (χ0n) is 11.3. The molecule has 0 fully saturated rings. The average molecular weight is 302 g/mol. The van der Waals surface area contributed by atoms with E-state index in [0.717, 1.165) is 11.1 Å². The van der Waals surface area contributed by atoms with Crippen LogP contribution < -0.4 is 5.73 Å². The quantitative estimate of drug-likeness (QED) is 0.736. The molecule has 106 valence electrons. The average Bonchev–Trinajstić information content (AvgIpc) is 2.84. The van der Waals surface area contributed by atoms with E-state index in [1.165, 1.54) is 6.07 Å². The van der Waals surface area contributed by atoms with Gasteiger partial charge in [0.05, 0.1) is 11.3 Å². The number of H-pyrrole nitrogens is 1. The van der Waals surface area contributed by atoms with Crippen LogP contribution in [0.25, 0.3) is 22.4 Å². The topological polar surface area (TPSA) is 54.7 Å². The molecule has 0 saturated heterocycles. The van der Waals surface area contributed by atoms with Crippen LogP contribution in [0.1, 0.15) is 5.56 Å². The number of rotatable bonds is 2. The summed E-state index contributed by atoms with van der Waals surface area (Å²) in [5.41, 5.74) is 9.30. The van der Waals surface area contributed by atoms with Gasteiger partial charge in [-0.05, 0) is 24.6 Å². The zero-order valence-corrected chi connectivity index (χ0v) is 12.1. The molecule has 0 atom stereocenters. The number of aromatic nitrogens is 2. The second-order valence-corrected chi connectivity index (χ2v) is 5.16. The van der Waals surface area contributed by atoms with Gasteiger partial charge in [0.25, 0.3) is 0 Å². The van der Waals surface area contributed by atoms with Crippen LogP contribution in [0.3, 0.4) is 0 Å². The Bertz CT molecular complexity index is 811. The number of benzene rings is 2. The Morgan fingerprint density at radius 3 is 2.57 bits per heavy atom. The maximum atomic E-state index is 14.1. The van der Waals surface area contributed by atoms with Crippen molar-refractivity contribution in [2.75, 3.05) is 5.73 Å². The van der Waals surface area contributed by atoms with Gasteiger partial charge in [0.1, 0.15) is 5.82 Å². The third-order valence-corrected chi connectivity index (χ3v) is 3.88. The largest absolute Gasteiger partial charge is 0.382 e. The number of nitrogen functional groups attached to an aromatic ring is 1. The molecule has 1 aromatic heterocycles. The number of hydrogen-bond donors (Lipinski definition) is 2. The van der Waals surface area contributed by atoms with E-state index in [2.05, 4.69) is 10.2 Å². The van der Waals surface area contributed by atoms with Gasteiger partial charge in [0.2, 0.25) is 0 Å². The molecule has 0 saturated carbocycles. The third kappa shape index (κ3) is 2.28. The summed E-state index contributed by atoms with van der Waals surface area (Å²) in [4.78, 5) is 0. The molecule has 0 radical (unpaired) electrons. The normalized spacial score (nSPS) is 10.8. The molecule has 1 heterocycles. The predicted octanol–water partition coefficient (Wildman–Crippen LogP) is 4.43. The lowest BCUT2D eigenvalue weighted by molar-refractivity contribution is 0.631. The summed E-state index contributed by atoms with van der Waals surface area (Å²) in [5, 5.41) is 7.55. The Labute approximate surface area is 126 Å². The highest BCUT2D eigenvalue weighted by atomic mass is 35.5. The summed E-state index contributed by atoms with van der Waals surface area (Å²) in [5.74, 6) is -0.0824. The molecule has 21 heavy (non-hydrogen) atoms. The van der Waals surface area contributed by atoms with Crippen molar-refractivity contribution in [2.45, 2.75) is 6.92 Å². The highest BCUT2D eigenvalue weighted by molar-refractivity contribution is 6.31. The van der Waals surface area contributed by atoms with E-state index in [9.17, 15) is 4.39 Å². The molecular weight excluding hydrogens is 289 g/mol. The van der Waals surface area contributed by atoms with Crippen molar-refractivity contribution in [1.29, 1.82) is 0 Å². The molecule has 3 N–H and O–H groups in total. The lowest BCUT2D eigenvalue weighted by Crippen LogP contribution is -1.92. The van der Waals surface area contributed by atoms with Crippen molar-refractivity contribution in [3.8, 4) is 22.4 Å². The minimum absolute atomic E-state index is 0.259. The van der Waals surface area contributed by atoms with Crippen molar-refractivity contribution in [3.63, 3.8) is 0 Å². The molecule has 0 aliphatic heterocycles. The fourth-order valence-corrected chi connectivity index (χ4v) is 2.54. The fourth-order valence-electron chi connectivity index (χ4n) is 2.37. The molecule has 0 spiro atoms. The second kappa shape index (κ2) is 5.22. The van der Waals surface area contributed by atoms with Gasteiger partial charge < -0.3 is 5.73 Å². The van der Waals surface area contributed by atoms with Crippen molar-refractivity contribution in [1.82, 2.24) is 10.2 Å². The van der Waals surface area contributed by atoms with E-state index in [-0.39, 0.29) is 11.6 Å². The van der Waals surface area contributed by atoms with Crippen LogP contribution in [0.15, 0.2) is 42.5 Å². The molecular formula is C16H13ClFN3. The smallest absolute Gasteiger partial charge is 0.153 e. The van der Waals surface area contributed by atoms with Crippen LogP contribution in [-0.4, -0.2) is 10.2 Å². The maximum Gasteiger partial charge on any atom is 0.153 e.